The Hall–Kier alpha value is -1.26. The molecule has 2 rings (SSSR count). The Morgan fingerprint density at radius 2 is 2.00 bits per heavy atom. The lowest BCUT2D eigenvalue weighted by Gasteiger charge is -2.21. The SMILES string of the molecule is NCC#Cc1cccc(CCC2CCCCC2)c1. The van der Waals surface area contributed by atoms with Crippen LogP contribution in [0.2, 0.25) is 0 Å². The lowest BCUT2D eigenvalue weighted by atomic mass is 9.85. The second-order valence-corrected chi connectivity index (χ2v) is 5.25. The van der Waals surface area contributed by atoms with Crippen molar-refractivity contribution in [1.29, 1.82) is 0 Å². The maximum Gasteiger partial charge on any atom is 0.0555 e. The van der Waals surface area contributed by atoms with Crippen LogP contribution in [-0.2, 0) is 6.42 Å². The highest BCUT2D eigenvalue weighted by molar-refractivity contribution is 5.37. The van der Waals surface area contributed by atoms with Crippen molar-refractivity contribution in [1.82, 2.24) is 0 Å². The summed E-state index contributed by atoms with van der Waals surface area (Å²) < 4.78 is 0. The highest BCUT2D eigenvalue weighted by atomic mass is 14.5. The van der Waals surface area contributed by atoms with Crippen molar-refractivity contribution >= 4 is 0 Å². The minimum absolute atomic E-state index is 0.437. The zero-order chi connectivity index (χ0) is 12.6. The molecular weight excluding hydrogens is 218 g/mol. The second-order valence-electron chi connectivity index (χ2n) is 5.25. The molecule has 1 saturated carbocycles. The predicted molar refractivity (Wildman–Crippen MR) is 77.3 cm³/mol. The van der Waals surface area contributed by atoms with Crippen molar-refractivity contribution in [3.8, 4) is 11.8 Å². The molecule has 0 bridgehead atoms. The average Bonchev–Trinajstić information content (AvgIpc) is 2.44. The van der Waals surface area contributed by atoms with E-state index >= 15 is 0 Å². The molecular formula is C17H23N. The fraction of sp³-hybridized carbons (Fsp3) is 0.529. The van der Waals surface area contributed by atoms with E-state index < -0.39 is 0 Å². The third-order valence-corrected chi connectivity index (χ3v) is 3.83. The van der Waals surface area contributed by atoms with E-state index in [-0.39, 0.29) is 0 Å². The molecule has 18 heavy (non-hydrogen) atoms. The summed E-state index contributed by atoms with van der Waals surface area (Å²) >= 11 is 0. The molecule has 0 aliphatic heterocycles. The summed E-state index contributed by atoms with van der Waals surface area (Å²) in [7, 11) is 0. The van der Waals surface area contributed by atoms with Crippen LogP contribution >= 0.6 is 0 Å². The molecule has 0 radical (unpaired) electrons. The number of rotatable bonds is 3. The van der Waals surface area contributed by atoms with Gasteiger partial charge < -0.3 is 5.73 Å². The molecule has 0 heterocycles. The van der Waals surface area contributed by atoms with Gasteiger partial charge in [-0.2, -0.15) is 0 Å². The van der Waals surface area contributed by atoms with Crippen LogP contribution in [0.4, 0.5) is 0 Å². The van der Waals surface area contributed by atoms with Gasteiger partial charge in [-0.05, 0) is 36.5 Å². The van der Waals surface area contributed by atoms with Gasteiger partial charge in [-0.25, -0.2) is 0 Å². The fourth-order valence-electron chi connectivity index (χ4n) is 2.80. The lowest BCUT2D eigenvalue weighted by Crippen LogP contribution is -2.07. The van der Waals surface area contributed by atoms with Gasteiger partial charge >= 0.3 is 0 Å². The van der Waals surface area contributed by atoms with Gasteiger partial charge in [-0.3, -0.25) is 0 Å². The molecule has 1 aromatic carbocycles. The monoisotopic (exact) mass is 241 g/mol. The van der Waals surface area contributed by atoms with Crippen LogP contribution in [-0.4, -0.2) is 6.54 Å². The fourth-order valence-corrected chi connectivity index (χ4v) is 2.80. The van der Waals surface area contributed by atoms with E-state index in [2.05, 4.69) is 36.1 Å². The van der Waals surface area contributed by atoms with Crippen molar-refractivity contribution < 1.29 is 0 Å². The van der Waals surface area contributed by atoms with E-state index in [1.54, 1.807) is 0 Å². The zero-order valence-electron chi connectivity index (χ0n) is 11.1. The van der Waals surface area contributed by atoms with E-state index in [1.165, 1.54) is 50.5 Å². The molecule has 1 aliphatic carbocycles. The number of hydrogen-bond donors (Lipinski definition) is 1. The molecule has 1 aliphatic rings. The summed E-state index contributed by atoms with van der Waals surface area (Å²) in [5.74, 6) is 6.98. The Morgan fingerprint density at radius 3 is 2.78 bits per heavy atom. The van der Waals surface area contributed by atoms with Gasteiger partial charge in [0.2, 0.25) is 0 Å². The van der Waals surface area contributed by atoms with Gasteiger partial charge in [-0.15, -0.1) is 0 Å². The average molecular weight is 241 g/mol. The van der Waals surface area contributed by atoms with Gasteiger partial charge in [0, 0.05) is 5.56 Å². The van der Waals surface area contributed by atoms with E-state index in [0.717, 1.165) is 11.5 Å². The van der Waals surface area contributed by atoms with Crippen LogP contribution in [0.15, 0.2) is 24.3 Å². The summed E-state index contributed by atoms with van der Waals surface area (Å²) in [6, 6.07) is 8.60. The molecule has 0 atom stereocenters. The van der Waals surface area contributed by atoms with Crippen LogP contribution in [0.5, 0.6) is 0 Å². The normalized spacial score (nSPS) is 16.1. The molecule has 1 fully saturated rings. The molecule has 0 spiro atoms. The predicted octanol–water partition coefficient (Wildman–Crippen LogP) is 3.51. The largest absolute Gasteiger partial charge is 0.320 e. The first-order valence-electron chi connectivity index (χ1n) is 7.16. The van der Waals surface area contributed by atoms with Crippen molar-refractivity contribution in [2.24, 2.45) is 11.7 Å². The minimum Gasteiger partial charge on any atom is -0.320 e. The van der Waals surface area contributed by atoms with Gasteiger partial charge in [0.25, 0.3) is 0 Å². The van der Waals surface area contributed by atoms with Crippen LogP contribution < -0.4 is 5.73 Å². The Labute approximate surface area is 111 Å². The summed E-state index contributed by atoms with van der Waals surface area (Å²) in [5.41, 5.74) is 7.92. The van der Waals surface area contributed by atoms with E-state index in [1.807, 2.05) is 0 Å². The van der Waals surface area contributed by atoms with Crippen molar-refractivity contribution in [2.75, 3.05) is 6.54 Å². The maximum absolute atomic E-state index is 5.40. The molecule has 96 valence electrons. The first-order valence-corrected chi connectivity index (χ1v) is 7.16. The number of aryl methyl sites for hydroxylation is 1. The molecule has 0 amide bonds. The first-order chi connectivity index (χ1) is 8.88. The number of nitrogens with two attached hydrogens (primary N) is 1. The van der Waals surface area contributed by atoms with Crippen molar-refractivity contribution in [2.45, 2.75) is 44.9 Å². The van der Waals surface area contributed by atoms with Crippen LogP contribution in [0, 0.1) is 17.8 Å². The van der Waals surface area contributed by atoms with Crippen LogP contribution in [0.25, 0.3) is 0 Å². The topological polar surface area (TPSA) is 26.0 Å². The standard InChI is InChI=1S/C17H23N/c18-13-5-10-16-8-4-9-17(14-16)12-11-15-6-2-1-3-7-15/h4,8-9,14-15H,1-3,6-7,11-13,18H2. The lowest BCUT2D eigenvalue weighted by molar-refractivity contribution is 0.339. The minimum atomic E-state index is 0.437. The molecule has 1 aromatic rings. The summed E-state index contributed by atoms with van der Waals surface area (Å²) in [5, 5.41) is 0. The van der Waals surface area contributed by atoms with Gasteiger partial charge in [0.15, 0.2) is 0 Å². The molecule has 1 nitrogen and oxygen atoms in total. The van der Waals surface area contributed by atoms with Crippen molar-refractivity contribution in [3.05, 3.63) is 35.4 Å². The quantitative estimate of drug-likeness (QED) is 0.805. The zero-order valence-corrected chi connectivity index (χ0v) is 11.1. The molecule has 0 saturated heterocycles. The summed E-state index contributed by atoms with van der Waals surface area (Å²) in [6.45, 7) is 0.437. The van der Waals surface area contributed by atoms with E-state index in [9.17, 15) is 0 Å². The van der Waals surface area contributed by atoms with Crippen LogP contribution in [0.3, 0.4) is 0 Å². The van der Waals surface area contributed by atoms with Gasteiger partial charge in [-0.1, -0.05) is 56.1 Å². The Bertz CT molecular complexity index is 419. The Kier molecular flexibility index (Phi) is 5.30. The highest BCUT2D eigenvalue weighted by Gasteiger charge is 2.12. The molecule has 1 heteroatoms. The molecule has 2 N–H and O–H groups in total. The number of benzene rings is 1. The smallest absolute Gasteiger partial charge is 0.0555 e. The van der Waals surface area contributed by atoms with E-state index in [0.29, 0.717) is 6.54 Å². The molecule has 0 unspecified atom stereocenters. The first kappa shape index (κ1) is 13.2. The van der Waals surface area contributed by atoms with Gasteiger partial charge in [0.05, 0.1) is 6.54 Å². The van der Waals surface area contributed by atoms with Crippen LogP contribution in [0.1, 0.15) is 49.7 Å². The van der Waals surface area contributed by atoms with Crippen molar-refractivity contribution in [3.63, 3.8) is 0 Å². The summed E-state index contributed by atoms with van der Waals surface area (Å²) in [4.78, 5) is 0. The van der Waals surface area contributed by atoms with Gasteiger partial charge in [0.1, 0.15) is 0 Å². The third-order valence-electron chi connectivity index (χ3n) is 3.83. The number of hydrogen-bond acceptors (Lipinski definition) is 1. The second kappa shape index (κ2) is 7.24. The summed E-state index contributed by atoms with van der Waals surface area (Å²) in [6.07, 6.45) is 9.73. The highest BCUT2D eigenvalue weighted by Crippen LogP contribution is 2.27. The Balaban J connectivity index is 1.88. The third kappa shape index (κ3) is 4.20. The Morgan fingerprint density at radius 1 is 1.17 bits per heavy atom. The van der Waals surface area contributed by atoms with E-state index in [4.69, 9.17) is 5.73 Å². The maximum atomic E-state index is 5.40. The molecule has 0 aromatic heterocycles.